The summed E-state index contributed by atoms with van der Waals surface area (Å²) in [4.78, 5) is 10.9. The van der Waals surface area contributed by atoms with E-state index in [9.17, 15) is 4.79 Å². The van der Waals surface area contributed by atoms with E-state index in [4.69, 9.17) is 10.00 Å². The Balaban J connectivity index is 2.16. The van der Waals surface area contributed by atoms with Crippen LogP contribution < -0.4 is 0 Å². The first-order valence-electron chi connectivity index (χ1n) is 3.88. The van der Waals surface area contributed by atoms with Gasteiger partial charge in [-0.1, -0.05) is 0 Å². The van der Waals surface area contributed by atoms with Crippen LogP contribution in [0.3, 0.4) is 0 Å². The lowest BCUT2D eigenvalue weighted by Crippen LogP contribution is -2.06. The maximum absolute atomic E-state index is 10.9. The van der Waals surface area contributed by atoms with Gasteiger partial charge in [0.25, 0.3) is 0 Å². The molecule has 1 heterocycles. The molecule has 0 aromatic rings. The molecule has 0 saturated carbocycles. The van der Waals surface area contributed by atoms with Gasteiger partial charge in [-0.15, -0.1) is 0 Å². The first kappa shape index (κ1) is 8.06. The normalized spacial score (nSPS) is 22.8. The fourth-order valence-electron chi connectivity index (χ4n) is 1.23. The minimum atomic E-state index is -0.0806. The molecule has 0 aromatic carbocycles. The van der Waals surface area contributed by atoms with Crippen LogP contribution >= 0.6 is 0 Å². The number of unbranched alkanes of at least 4 members (excludes halogenated alkanes) is 1. The second kappa shape index (κ2) is 3.97. The molecule has 0 aliphatic carbocycles. The molecule has 0 bridgehead atoms. The molecule has 3 heteroatoms. The number of hydrogen-bond acceptors (Lipinski definition) is 3. The third-order valence-electron chi connectivity index (χ3n) is 1.89. The number of hydrogen-bond donors (Lipinski definition) is 0. The molecule has 0 N–H and O–H groups in total. The van der Waals surface area contributed by atoms with Crippen molar-refractivity contribution in [2.75, 3.05) is 6.61 Å². The number of ether oxygens (including phenoxy) is 1. The van der Waals surface area contributed by atoms with Gasteiger partial charge in [-0.2, -0.15) is 5.26 Å². The summed E-state index contributed by atoms with van der Waals surface area (Å²) in [5, 5.41) is 8.24. The van der Waals surface area contributed by atoms with Crippen molar-refractivity contribution in [1.82, 2.24) is 0 Å². The van der Waals surface area contributed by atoms with Crippen molar-refractivity contribution >= 4 is 5.97 Å². The van der Waals surface area contributed by atoms with Crippen LogP contribution in [0, 0.1) is 17.2 Å². The molecule has 3 nitrogen and oxygen atoms in total. The summed E-state index contributed by atoms with van der Waals surface area (Å²) >= 11 is 0. The molecular formula is C8H11NO2. The van der Waals surface area contributed by atoms with Crippen molar-refractivity contribution in [3.05, 3.63) is 0 Å². The van der Waals surface area contributed by atoms with Crippen molar-refractivity contribution < 1.29 is 9.53 Å². The van der Waals surface area contributed by atoms with Crippen molar-refractivity contribution in [3.8, 4) is 6.07 Å². The fraction of sp³-hybridized carbons (Fsp3) is 0.750. The van der Waals surface area contributed by atoms with E-state index in [2.05, 4.69) is 6.07 Å². The van der Waals surface area contributed by atoms with E-state index in [1.807, 2.05) is 0 Å². The van der Waals surface area contributed by atoms with Crippen molar-refractivity contribution in [2.45, 2.75) is 25.7 Å². The molecule has 1 atom stereocenters. The van der Waals surface area contributed by atoms with Gasteiger partial charge < -0.3 is 4.74 Å². The van der Waals surface area contributed by atoms with E-state index in [1.165, 1.54) is 0 Å². The average molecular weight is 153 g/mol. The molecule has 1 unspecified atom stereocenters. The van der Waals surface area contributed by atoms with Crippen LogP contribution in [0.2, 0.25) is 0 Å². The molecule has 1 saturated heterocycles. The van der Waals surface area contributed by atoms with E-state index in [1.54, 1.807) is 0 Å². The average Bonchev–Trinajstić information content (AvgIpc) is 2.37. The van der Waals surface area contributed by atoms with Gasteiger partial charge in [0.2, 0.25) is 0 Å². The van der Waals surface area contributed by atoms with Crippen LogP contribution in [0.15, 0.2) is 0 Å². The monoisotopic (exact) mass is 153 g/mol. The van der Waals surface area contributed by atoms with Crippen molar-refractivity contribution in [1.29, 1.82) is 5.26 Å². The maximum atomic E-state index is 10.9. The first-order valence-corrected chi connectivity index (χ1v) is 3.88. The van der Waals surface area contributed by atoms with Gasteiger partial charge in [-0.05, 0) is 19.3 Å². The second-order valence-electron chi connectivity index (χ2n) is 2.70. The zero-order valence-corrected chi connectivity index (χ0v) is 6.38. The number of cyclic esters (lactones) is 1. The summed E-state index contributed by atoms with van der Waals surface area (Å²) in [7, 11) is 0. The first-order chi connectivity index (χ1) is 5.34. The number of carbonyl (C=O) groups is 1. The highest BCUT2D eigenvalue weighted by molar-refractivity contribution is 5.73. The lowest BCUT2D eigenvalue weighted by atomic mass is 10.0. The Kier molecular flexibility index (Phi) is 2.91. The van der Waals surface area contributed by atoms with E-state index < -0.39 is 0 Å². The molecule has 1 rings (SSSR count). The number of rotatable bonds is 3. The summed E-state index contributed by atoms with van der Waals surface area (Å²) < 4.78 is 4.77. The molecule has 0 amide bonds. The summed E-state index contributed by atoms with van der Waals surface area (Å²) in [5.74, 6) is -0.00807. The van der Waals surface area contributed by atoms with Gasteiger partial charge in [-0.3, -0.25) is 4.79 Å². The van der Waals surface area contributed by atoms with Crippen LogP contribution in [0.5, 0.6) is 0 Å². The van der Waals surface area contributed by atoms with Crippen molar-refractivity contribution in [2.24, 2.45) is 5.92 Å². The van der Waals surface area contributed by atoms with E-state index >= 15 is 0 Å². The Hall–Kier alpha value is -1.04. The number of nitriles is 1. The number of nitrogens with zero attached hydrogens (tertiary/aromatic N) is 1. The molecular weight excluding hydrogens is 142 g/mol. The second-order valence-corrected chi connectivity index (χ2v) is 2.70. The Morgan fingerprint density at radius 3 is 3.09 bits per heavy atom. The molecule has 0 aromatic heterocycles. The van der Waals surface area contributed by atoms with Crippen LogP contribution in [0.1, 0.15) is 25.7 Å². The minimum absolute atomic E-state index is 0.0725. The Morgan fingerprint density at radius 1 is 1.73 bits per heavy atom. The van der Waals surface area contributed by atoms with Crippen LogP contribution in [-0.2, 0) is 9.53 Å². The Labute approximate surface area is 66.0 Å². The molecule has 11 heavy (non-hydrogen) atoms. The smallest absolute Gasteiger partial charge is 0.309 e. The largest absolute Gasteiger partial charge is 0.465 e. The number of carbonyl (C=O) groups excluding carboxylic acids is 1. The summed E-state index contributed by atoms with van der Waals surface area (Å²) in [6.07, 6.45) is 3.01. The Bertz CT molecular complexity index is 183. The maximum Gasteiger partial charge on any atom is 0.309 e. The van der Waals surface area contributed by atoms with Gasteiger partial charge in [-0.25, -0.2) is 0 Å². The zero-order chi connectivity index (χ0) is 8.10. The van der Waals surface area contributed by atoms with E-state index in [0.717, 1.165) is 19.3 Å². The third kappa shape index (κ3) is 2.23. The van der Waals surface area contributed by atoms with Gasteiger partial charge >= 0.3 is 5.97 Å². The summed E-state index contributed by atoms with van der Waals surface area (Å²) in [6, 6.07) is 2.05. The van der Waals surface area contributed by atoms with Crippen LogP contribution in [0.4, 0.5) is 0 Å². The molecule has 0 spiro atoms. The van der Waals surface area contributed by atoms with Gasteiger partial charge in [0.15, 0.2) is 0 Å². The van der Waals surface area contributed by atoms with Crippen LogP contribution in [0.25, 0.3) is 0 Å². The van der Waals surface area contributed by atoms with E-state index in [0.29, 0.717) is 13.0 Å². The fourth-order valence-corrected chi connectivity index (χ4v) is 1.23. The molecule has 1 fully saturated rings. The summed E-state index contributed by atoms with van der Waals surface area (Å²) in [5.41, 5.74) is 0. The van der Waals surface area contributed by atoms with Crippen molar-refractivity contribution in [3.63, 3.8) is 0 Å². The topological polar surface area (TPSA) is 50.1 Å². The standard InChI is InChI=1S/C8H11NO2/c9-5-2-1-3-7-4-6-11-8(7)10/h7H,1-4,6H2. The SMILES string of the molecule is N#CCCCC1CCOC1=O. The highest BCUT2D eigenvalue weighted by Crippen LogP contribution is 2.19. The molecule has 1 aliphatic rings. The lowest BCUT2D eigenvalue weighted by molar-refractivity contribution is -0.141. The highest BCUT2D eigenvalue weighted by Gasteiger charge is 2.25. The molecule has 1 aliphatic heterocycles. The van der Waals surface area contributed by atoms with Crippen LogP contribution in [-0.4, -0.2) is 12.6 Å². The molecule has 0 radical (unpaired) electrons. The predicted octanol–water partition coefficient (Wildman–Crippen LogP) is 1.24. The number of esters is 1. The van der Waals surface area contributed by atoms with Gasteiger partial charge in [0, 0.05) is 6.42 Å². The van der Waals surface area contributed by atoms with Gasteiger partial charge in [0.1, 0.15) is 0 Å². The molecule has 60 valence electrons. The van der Waals surface area contributed by atoms with Gasteiger partial charge in [0.05, 0.1) is 18.6 Å². The highest BCUT2D eigenvalue weighted by atomic mass is 16.5. The Morgan fingerprint density at radius 2 is 2.55 bits per heavy atom. The van der Waals surface area contributed by atoms with E-state index in [-0.39, 0.29) is 11.9 Å². The lowest BCUT2D eigenvalue weighted by Gasteiger charge is -2.00. The predicted molar refractivity (Wildman–Crippen MR) is 38.5 cm³/mol. The minimum Gasteiger partial charge on any atom is -0.465 e. The zero-order valence-electron chi connectivity index (χ0n) is 6.38. The summed E-state index contributed by atoms with van der Waals surface area (Å²) in [6.45, 7) is 0.566. The quantitative estimate of drug-likeness (QED) is 0.452. The third-order valence-corrected chi connectivity index (χ3v) is 1.89.